The highest BCUT2D eigenvalue weighted by molar-refractivity contribution is 8.00. The van der Waals surface area contributed by atoms with Crippen molar-refractivity contribution in [1.29, 1.82) is 0 Å². The number of aromatic carboxylic acids is 1. The summed E-state index contributed by atoms with van der Waals surface area (Å²) in [6, 6.07) is 1.18. The number of pyridine rings is 1. The summed E-state index contributed by atoms with van der Waals surface area (Å²) in [4.78, 5) is 14.5. The fourth-order valence-electron chi connectivity index (χ4n) is 1.09. The van der Waals surface area contributed by atoms with Crippen LogP contribution in [0, 0.1) is 0 Å². The molecule has 1 aromatic rings. The second-order valence-electron chi connectivity index (χ2n) is 3.18. The van der Waals surface area contributed by atoms with Crippen LogP contribution in [0.5, 0.6) is 0 Å². The first-order valence-corrected chi connectivity index (χ1v) is 5.71. The van der Waals surface area contributed by atoms with Gasteiger partial charge >= 0.3 is 11.5 Å². The van der Waals surface area contributed by atoms with Gasteiger partial charge in [-0.3, -0.25) is 0 Å². The third kappa shape index (κ3) is 4.70. The lowest BCUT2D eigenvalue weighted by Crippen LogP contribution is -2.11. The van der Waals surface area contributed by atoms with Gasteiger partial charge in [-0.2, -0.15) is 13.2 Å². The van der Waals surface area contributed by atoms with Gasteiger partial charge in [0.25, 0.3) is 0 Å². The van der Waals surface area contributed by atoms with Crippen molar-refractivity contribution in [3.63, 3.8) is 0 Å². The molecule has 0 aliphatic heterocycles. The minimum Gasteiger partial charge on any atom is -0.478 e. The van der Waals surface area contributed by atoms with E-state index in [2.05, 4.69) is 10.3 Å². The smallest absolute Gasteiger partial charge is 0.441 e. The molecule has 0 radical (unpaired) electrons. The van der Waals surface area contributed by atoms with Crippen LogP contribution in [0.4, 0.5) is 24.7 Å². The SMILES string of the molecule is Nc1cnc(NCCSC(F)(F)F)cc1C(=O)O. The van der Waals surface area contributed by atoms with E-state index in [9.17, 15) is 18.0 Å². The maximum absolute atomic E-state index is 11.8. The number of hydrogen-bond donors (Lipinski definition) is 3. The van der Waals surface area contributed by atoms with E-state index in [4.69, 9.17) is 10.8 Å². The summed E-state index contributed by atoms with van der Waals surface area (Å²) in [5.74, 6) is -1.25. The number of nitrogens with one attached hydrogen (secondary N) is 1. The Morgan fingerprint density at radius 3 is 2.78 bits per heavy atom. The Labute approximate surface area is 105 Å². The zero-order valence-electron chi connectivity index (χ0n) is 8.99. The minimum absolute atomic E-state index is 0.00211. The van der Waals surface area contributed by atoms with E-state index in [-0.39, 0.29) is 41.1 Å². The lowest BCUT2D eigenvalue weighted by molar-refractivity contribution is -0.0327. The van der Waals surface area contributed by atoms with E-state index in [0.717, 1.165) is 6.20 Å². The number of nitrogens with two attached hydrogens (primary N) is 1. The highest BCUT2D eigenvalue weighted by Crippen LogP contribution is 2.29. The van der Waals surface area contributed by atoms with Crippen LogP contribution in [0.1, 0.15) is 10.4 Å². The van der Waals surface area contributed by atoms with Gasteiger partial charge < -0.3 is 16.2 Å². The molecule has 0 spiro atoms. The van der Waals surface area contributed by atoms with Crippen molar-refractivity contribution in [3.8, 4) is 0 Å². The molecule has 0 bridgehead atoms. The van der Waals surface area contributed by atoms with Gasteiger partial charge in [-0.25, -0.2) is 9.78 Å². The van der Waals surface area contributed by atoms with Gasteiger partial charge in [-0.15, -0.1) is 0 Å². The first-order valence-electron chi connectivity index (χ1n) is 4.73. The molecule has 4 N–H and O–H groups in total. The number of carbonyl (C=O) groups is 1. The summed E-state index contributed by atoms with van der Waals surface area (Å²) in [6.07, 6.45) is 1.14. The quantitative estimate of drug-likeness (QED) is 0.716. The van der Waals surface area contributed by atoms with E-state index in [1.165, 1.54) is 6.07 Å². The van der Waals surface area contributed by atoms with Crippen molar-refractivity contribution in [3.05, 3.63) is 17.8 Å². The number of halogens is 3. The van der Waals surface area contributed by atoms with E-state index in [0.29, 0.717) is 0 Å². The summed E-state index contributed by atoms with van der Waals surface area (Å²) in [6.45, 7) is 0.0140. The van der Waals surface area contributed by atoms with Gasteiger partial charge in [-0.1, -0.05) is 0 Å². The van der Waals surface area contributed by atoms with E-state index in [1.54, 1.807) is 0 Å². The Kier molecular flexibility index (Phi) is 4.65. The standard InChI is InChI=1S/C9H10F3N3O2S/c10-9(11,12)18-2-1-14-7-3-5(8(16)17)6(13)4-15-7/h3-4H,1-2,13H2,(H,14,15)(H,16,17). The fraction of sp³-hybridized carbons (Fsp3) is 0.333. The molecule has 9 heteroatoms. The average molecular weight is 281 g/mol. The maximum Gasteiger partial charge on any atom is 0.441 e. The van der Waals surface area contributed by atoms with E-state index >= 15 is 0 Å². The number of nitrogen functional groups attached to an aromatic ring is 1. The molecular formula is C9H10F3N3O2S. The highest BCUT2D eigenvalue weighted by atomic mass is 32.2. The van der Waals surface area contributed by atoms with Crippen LogP contribution >= 0.6 is 11.8 Å². The van der Waals surface area contributed by atoms with Crippen LogP contribution in [0.2, 0.25) is 0 Å². The van der Waals surface area contributed by atoms with Crippen LogP contribution in [0.3, 0.4) is 0 Å². The van der Waals surface area contributed by atoms with Crippen LogP contribution in [0.15, 0.2) is 12.3 Å². The highest BCUT2D eigenvalue weighted by Gasteiger charge is 2.27. The van der Waals surface area contributed by atoms with Gasteiger partial charge in [0, 0.05) is 12.3 Å². The number of thioether (sulfide) groups is 1. The molecule has 0 unspecified atom stereocenters. The number of carboxylic acid groups (broad SMARTS) is 1. The molecule has 1 heterocycles. The number of nitrogens with zero attached hydrogens (tertiary/aromatic N) is 1. The zero-order chi connectivity index (χ0) is 13.8. The van der Waals surface area contributed by atoms with Crippen molar-refractivity contribution >= 4 is 29.2 Å². The molecule has 0 amide bonds. The summed E-state index contributed by atoms with van der Waals surface area (Å²) in [5.41, 5.74) is 0.958. The maximum atomic E-state index is 11.8. The Hall–Kier alpha value is -1.64. The Morgan fingerprint density at radius 1 is 1.56 bits per heavy atom. The van der Waals surface area contributed by atoms with Gasteiger partial charge in [0.05, 0.1) is 17.4 Å². The molecule has 0 saturated heterocycles. The summed E-state index contributed by atoms with van der Waals surface area (Å²) >= 11 is -0.165. The molecule has 0 aromatic carbocycles. The van der Waals surface area contributed by atoms with Gasteiger partial charge in [0.2, 0.25) is 0 Å². The summed E-state index contributed by atoms with van der Waals surface area (Å²) < 4.78 is 35.5. The molecular weight excluding hydrogens is 271 g/mol. The molecule has 0 aliphatic rings. The predicted molar refractivity (Wildman–Crippen MR) is 62.6 cm³/mol. The normalized spacial score (nSPS) is 11.3. The Morgan fingerprint density at radius 2 is 2.22 bits per heavy atom. The Bertz CT molecular complexity index is 440. The van der Waals surface area contributed by atoms with Gasteiger partial charge in [-0.05, 0) is 17.8 Å². The summed E-state index contributed by atoms with van der Waals surface area (Å²) in [7, 11) is 0. The second-order valence-corrected chi connectivity index (χ2v) is 4.34. The molecule has 5 nitrogen and oxygen atoms in total. The third-order valence-electron chi connectivity index (χ3n) is 1.84. The second kappa shape index (κ2) is 5.80. The van der Waals surface area contributed by atoms with Crippen LogP contribution in [-0.4, -0.2) is 33.9 Å². The van der Waals surface area contributed by atoms with Crippen LogP contribution in [0.25, 0.3) is 0 Å². The molecule has 100 valence electrons. The topological polar surface area (TPSA) is 88.2 Å². The first kappa shape index (κ1) is 14.4. The monoisotopic (exact) mass is 281 g/mol. The molecule has 0 aliphatic carbocycles. The van der Waals surface area contributed by atoms with Crippen molar-refractivity contribution in [2.24, 2.45) is 0 Å². The lowest BCUT2D eigenvalue weighted by Gasteiger charge is -2.08. The minimum atomic E-state index is -4.28. The number of alkyl halides is 3. The third-order valence-corrected chi connectivity index (χ3v) is 2.57. The number of anilines is 2. The Balaban J connectivity index is 2.53. The number of rotatable bonds is 5. The molecule has 0 atom stereocenters. The van der Waals surface area contributed by atoms with Gasteiger partial charge in [0.1, 0.15) is 5.82 Å². The first-order chi connectivity index (χ1) is 8.29. The average Bonchev–Trinajstić information content (AvgIpc) is 2.24. The predicted octanol–water partition coefficient (Wildman–Crippen LogP) is 2.03. The molecule has 1 aromatic heterocycles. The van der Waals surface area contributed by atoms with Crippen molar-refractivity contribution in [1.82, 2.24) is 4.98 Å². The summed E-state index contributed by atoms with van der Waals surface area (Å²) in [5, 5.41) is 11.4. The van der Waals surface area contributed by atoms with Crippen molar-refractivity contribution in [2.45, 2.75) is 5.51 Å². The van der Waals surface area contributed by atoms with Gasteiger partial charge in [0.15, 0.2) is 0 Å². The molecule has 1 rings (SSSR count). The van der Waals surface area contributed by atoms with E-state index < -0.39 is 11.5 Å². The van der Waals surface area contributed by atoms with Crippen molar-refractivity contribution < 1.29 is 23.1 Å². The van der Waals surface area contributed by atoms with Crippen LogP contribution in [-0.2, 0) is 0 Å². The van der Waals surface area contributed by atoms with Crippen LogP contribution < -0.4 is 11.1 Å². The number of aromatic nitrogens is 1. The molecule has 18 heavy (non-hydrogen) atoms. The molecule has 0 fully saturated rings. The fourth-order valence-corrected chi connectivity index (χ4v) is 1.53. The number of carboxylic acids is 1. The zero-order valence-corrected chi connectivity index (χ0v) is 9.81. The molecule has 0 saturated carbocycles. The lowest BCUT2D eigenvalue weighted by atomic mass is 10.2. The van der Waals surface area contributed by atoms with Crippen molar-refractivity contribution in [2.75, 3.05) is 23.3 Å². The largest absolute Gasteiger partial charge is 0.478 e. The van der Waals surface area contributed by atoms with E-state index in [1.807, 2.05) is 0 Å². The number of hydrogen-bond acceptors (Lipinski definition) is 5.